The molecule has 1 unspecified atom stereocenters. The smallest absolute Gasteiger partial charge is 0.332 e. The molecule has 4 aromatic rings. The van der Waals surface area contributed by atoms with E-state index in [1.54, 1.807) is 6.07 Å². The zero-order valence-corrected chi connectivity index (χ0v) is 20.4. The van der Waals surface area contributed by atoms with Crippen LogP contribution in [0, 0.1) is 17.0 Å². The summed E-state index contributed by atoms with van der Waals surface area (Å²) in [7, 11) is 2.85. The Kier molecular flexibility index (Phi) is 7.15. The molecular weight excluding hydrogens is 482 g/mol. The van der Waals surface area contributed by atoms with Gasteiger partial charge in [-0.05, 0) is 42.3 Å². The van der Waals surface area contributed by atoms with Gasteiger partial charge >= 0.3 is 5.69 Å². The Morgan fingerprint density at radius 2 is 1.92 bits per heavy atom. The first kappa shape index (κ1) is 25.3. The fourth-order valence-corrected chi connectivity index (χ4v) is 3.72. The third-order valence-electron chi connectivity index (χ3n) is 5.66. The number of nitro groups is 1. The Labute approximate surface area is 210 Å². The monoisotopic (exact) mass is 507 g/mol. The summed E-state index contributed by atoms with van der Waals surface area (Å²) in [6.45, 7) is 1.79. The lowest BCUT2D eigenvalue weighted by molar-refractivity contribution is -0.384. The lowest BCUT2D eigenvalue weighted by Crippen LogP contribution is -2.38. The van der Waals surface area contributed by atoms with Crippen molar-refractivity contribution in [1.29, 1.82) is 0 Å². The second-order valence-corrected chi connectivity index (χ2v) is 8.42. The highest BCUT2D eigenvalue weighted by molar-refractivity contribution is 5.81. The molecule has 2 aromatic carbocycles. The van der Waals surface area contributed by atoms with Crippen molar-refractivity contribution in [3.8, 4) is 5.75 Å². The number of hydrogen-bond acceptors (Lipinski definition) is 9. The summed E-state index contributed by atoms with van der Waals surface area (Å²) in [5, 5.41) is 25.7. The zero-order valence-electron chi connectivity index (χ0n) is 20.4. The first-order valence-corrected chi connectivity index (χ1v) is 11.2. The lowest BCUT2D eigenvalue weighted by Gasteiger charge is -2.15. The van der Waals surface area contributed by atoms with Gasteiger partial charge in [0.1, 0.15) is 18.5 Å². The number of aryl methyl sites for hydroxylation is 2. The van der Waals surface area contributed by atoms with Gasteiger partial charge in [-0.3, -0.25) is 24.0 Å². The van der Waals surface area contributed by atoms with Crippen LogP contribution in [0.5, 0.6) is 5.75 Å². The highest BCUT2D eigenvalue weighted by atomic mass is 16.6. The van der Waals surface area contributed by atoms with E-state index in [-0.39, 0.29) is 36.0 Å². The van der Waals surface area contributed by atoms with E-state index in [1.807, 2.05) is 25.1 Å². The van der Waals surface area contributed by atoms with Gasteiger partial charge in [-0.25, -0.2) is 10.2 Å². The molecule has 0 bridgehead atoms. The highest BCUT2D eigenvalue weighted by Gasteiger charge is 2.21. The van der Waals surface area contributed by atoms with Gasteiger partial charge in [0.25, 0.3) is 11.2 Å². The minimum atomic E-state index is -1.03. The molecule has 37 heavy (non-hydrogen) atoms. The number of hydrazone groups is 1. The van der Waals surface area contributed by atoms with Crippen molar-refractivity contribution in [3.63, 3.8) is 0 Å². The van der Waals surface area contributed by atoms with E-state index in [1.165, 1.54) is 53.7 Å². The summed E-state index contributed by atoms with van der Waals surface area (Å²) in [4.78, 5) is 40.1. The van der Waals surface area contributed by atoms with Crippen molar-refractivity contribution in [2.75, 3.05) is 12.0 Å². The second-order valence-electron chi connectivity index (χ2n) is 8.42. The van der Waals surface area contributed by atoms with Gasteiger partial charge in [-0.2, -0.15) is 10.1 Å². The summed E-state index contributed by atoms with van der Waals surface area (Å²) in [6.07, 6.45) is 0.390. The Morgan fingerprint density at radius 1 is 1.19 bits per heavy atom. The van der Waals surface area contributed by atoms with Crippen LogP contribution >= 0.6 is 0 Å². The molecular formula is C24H25N7O6. The van der Waals surface area contributed by atoms with E-state index in [9.17, 15) is 24.8 Å². The number of rotatable bonds is 9. The minimum Gasteiger partial charge on any atom is -0.491 e. The van der Waals surface area contributed by atoms with E-state index in [4.69, 9.17) is 4.74 Å². The first-order valence-electron chi connectivity index (χ1n) is 11.2. The largest absolute Gasteiger partial charge is 0.491 e. The van der Waals surface area contributed by atoms with Crippen LogP contribution in [0.25, 0.3) is 11.2 Å². The highest BCUT2D eigenvalue weighted by Crippen LogP contribution is 2.18. The molecule has 0 aliphatic rings. The number of hydrogen-bond donors (Lipinski definition) is 2. The normalized spacial score (nSPS) is 12.2. The van der Waals surface area contributed by atoms with Crippen LogP contribution in [-0.2, 0) is 20.6 Å². The first-order chi connectivity index (χ1) is 17.7. The van der Waals surface area contributed by atoms with Gasteiger partial charge in [0.05, 0.1) is 17.7 Å². The number of nitrogens with one attached hydrogen (secondary N) is 1. The maximum Gasteiger partial charge on any atom is 0.332 e. The third kappa shape index (κ3) is 5.41. The summed E-state index contributed by atoms with van der Waals surface area (Å²) in [5.74, 6) is 0.708. The Balaban J connectivity index is 1.63. The van der Waals surface area contributed by atoms with Gasteiger partial charge in [-0.15, -0.1) is 0 Å². The van der Waals surface area contributed by atoms with Crippen molar-refractivity contribution in [1.82, 2.24) is 18.7 Å². The van der Waals surface area contributed by atoms with Gasteiger partial charge in [-0.1, -0.05) is 12.1 Å². The molecule has 4 rings (SSSR count). The number of benzene rings is 2. The van der Waals surface area contributed by atoms with Crippen molar-refractivity contribution >= 4 is 29.0 Å². The van der Waals surface area contributed by atoms with E-state index in [2.05, 4.69) is 15.5 Å². The average Bonchev–Trinajstić information content (AvgIpc) is 3.23. The van der Waals surface area contributed by atoms with Gasteiger partial charge in [0.15, 0.2) is 11.2 Å². The maximum absolute atomic E-state index is 13.0. The number of nitro benzene ring substituents is 1. The molecule has 13 heteroatoms. The molecule has 2 aromatic heterocycles. The Hall–Kier alpha value is -4.78. The van der Waals surface area contributed by atoms with Crippen molar-refractivity contribution < 1.29 is 14.8 Å². The van der Waals surface area contributed by atoms with Gasteiger partial charge < -0.3 is 14.4 Å². The summed E-state index contributed by atoms with van der Waals surface area (Å²) >= 11 is 0. The number of aliphatic hydroxyl groups is 1. The summed E-state index contributed by atoms with van der Waals surface area (Å²) in [6, 6.07) is 13.1. The SMILES string of the molecule is Cc1cccc(OCC(O)Cn2c(NN=Cc3ccc([N+](=O)[O-])cc3)nc3c2c(=O)n(C)c(=O)n3C)c1. The average molecular weight is 508 g/mol. The molecule has 0 spiro atoms. The number of aliphatic hydroxyl groups excluding tert-OH is 1. The number of nitrogens with zero attached hydrogens (tertiary/aromatic N) is 6. The summed E-state index contributed by atoms with van der Waals surface area (Å²) in [5.41, 5.74) is 3.37. The number of fused-ring (bicyclic) bond motifs is 1. The third-order valence-corrected chi connectivity index (χ3v) is 5.66. The molecule has 0 aliphatic carbocycles. The van der Waals surface area contributed by atoms with Crippen LogP contribution in [-0.4, -0.2) is 47.6 Å². The number of non-ortho nitro benzene ring substituents is 1. The number of aromatic nitrogens is 4. The molecule has 0 radical (unpaired) electrons. The molecule has 13 nitrogen and oxygen atoms in total. The molecule has 2 N–H and O–H groups in total. The second kappa shape index (κ2) is 10.5. The number of imidazole rings is 1. The van der Waals surface area contributed by atoms with Crippen LogP contribution in [0.3, 0.4) is 0 Å². The van der Waals surface area contributed by atoms with Crippen LogP contribution < -0.4 is 21.4 Å². The van der Waals surface area contributed by atoms with E-state index in [0.29, 0.717) is 11.3 Å². The fraction of sp³-hybridized carbons (Fsp3) is 0.250. The standard InChI is InChI=1S/C24H25N7O6/c1-15-5-4-6-19(11-15)37-14-18(32)13-30-20-21(28(2)24(34)29(3)22(20)33)26-23(30)27-25-12-16-7-9-17(10-8-16)31(35)36/h4-12,18,32H,13-14H2,1-3H3,(H,26,27). The number of anilines is 1. The Bertz CT molecular complexity index is 1600. The van der Waals surface area contributed by atoms with E-state index < -0.39 is 22.3 Å². The van der Waals surface area contributed by atoms with Crippen LogP contribution in [0.15, 0.2) is 63.2 Å². The minimum absolute atomic E-state index is 0.0504. The molecule has 0 saturated carbocycles. The zero-order chi connectivity index (χ0) is 26.7. The molecule has 0 saturated heterocycles. The molecule has 2 heterocycles. The van der Waals surface area contributed by atoms with Crippen LogP contribution in [0.4, 0.5) is 11.6 Å². The molecule has 1 atom stereocenters. The van der Waals surface area contributed by atoms with Crippen molar-refractivity contribution in [2.24, 2.45) is 19.2 Å². The predicted octanol–water partition coefficient (Wildman–Crippen LogP) is 1.54. The van der Waals surface area contributed by atoms with E-state index in [0.717, 1.165) is 10.1 Å². The summed E-state index contributed by atoms with van der Waals surface area (Å²) < 4.78 is 9.32. The quantitative estimate of drug-likeness (QED) is 0.196. The number of ether oxygens (including phenoxy) is 1. The fourth-order valence-electron chi connectivity index (χ4n) is 3.72. The maximum atomic E-state index is 13.0. The predicted molar refractivity (Wildman–Crippen MR) is 137 cm³/mol. The van der Waals surface area contributed by atoms with Crippen LogP contribution in [0.2, 0.25) is 0 Å². The van der Waals surface area contributed by atoms with Crippen molar-refractivity contribution in [2.45, 2.75) is 19.6 Å². The van der Waals surface area contributed by atoms with Gasteiger partial charge in [0, 0.05) is 26.2 Å². The molecule has 0 aliphatic heterocycles. The van der Waals surface area contributed by atoms with Crippen molar-refractivity contribution in [3.05, 3.63) is 90.6 Å². The van der Waals surface area contributed by atoms with E-state index >= 15 is 0 Å². The Morgan fingerprint density at radius 3 is 2.59 bits per heavy atom. The molecule has 0 amide bonds. The molecule has 0 fully saturated rings. The topological polar surface area (TPSA) is 159 Å². The van der Waals surface area contributed by atoms with Crippen LogP contribution in [0.1, 0.15) is 11.1 Å². The lowest BCUT2D eigenvalue weighted by atomic mass is 10.2. The van der Waals surface area contributed by atoms with Gasteiger partial charge in [0.2, 0.25) is 5.95 Å². The molecule has 192 valence electrons.